The molecule has 1 aromatic carbocycles. The molecule has 0 atom stereocenters. The molecule has 1 fully saturated rings. The van der Waals surface area contributed by atoms with E-state index in [1.54, 1.807) is 18.4 Å². The van der Waals surface area contributed by atoms with E-state index in [0.29, 0.717) is 12.6 Å². The van der Waals surface area contributed by atoms with Gasteiger partial charge in [-0.2, -0.15) is 0 Å². The number of nitrogens with zero attached hydrogens (tertiary/aromatic N) is 1. The molecule has 0 saturated heterocycles. The van der Waals surface area contributed by atoms with E-state index in [0.717, 1.165) is 43.9 Å². The van der Waals surface area contributed by atoms with Crippen LogP contribution in [0.15, 0.2) is 40.7 Å². The molecule has 0 aliphatic heterocycles. The summed E-state index contributed by atoms with van der Waals surface area (Å²) in [6, 6.07) is 10.7. The molecular weight excluding hydrogens is 358 g/mol. The lowest BCUT2D eigenvalue weighted by molar-refractivity contribution is 0.120. The Balaban J connectivity index is 1.61. The number of aliphatic imine (C=N–C) groups is 1. The molecule has 3 N–H and O–H groups in total. The predicted octanol–water partition coefficient (Wildman–Crippen LogP) is 3.78. The van der Waals surface area contributed by atoms with Crippen molar-refractivity contribution >= 4 is 17.3 Å². The Morgan fingerprint density at radius 2 is 1.93 bits per heavy atom. The van der Waals surface area contributed by atoms with Crippen LogP contribution in [0.2, 0.25) is 0 Å². The number of hydrogen-bond acceptors (Lipinski definition) is 4. The summed E-state index contributed by atoms with van der Waals surface area (Å²) in [6.07, 6.45) is 3.59. The van der Waals surface area contributed by atoms with E-state index >= 15 is 0 Å². The number of aliphatic hydroxyl groups is 1. The van der Waals surface area contributed by atoms with E-state index in [9.17, 15) is 5.11 Å². The van der Waals surface area contributed by atoms with Crippen LogP contribution in [0.1, 0.15) is 37.5 Å². The fourth-order valence-electron chi connectivity index (χ4n) is 3.29. The summed E-state index contributed by atoms with van der Waals surface area (Å²) < 4.78 is 5.22. The quantitative estimate of drug-likeness (QED) is 0.521. The first-order valence-electron chi connectivity index (χ1n) is 9.62. The summed E-state index contributed by atoms with van der Waals surface area (Å²) in [5.41, 5.74) is 2.40. The second-order valence-electron chi connectivity index (χ2n) is 6.88. The van der Waals surface area contributed by atoms with Gasteiger partial charge in [-0.15, -0.1) is 11.3 Å². The monoisotopic (exact) mass is 387 g/mol. The standard InChI is InChI=1S/C21H29N3O2S/c1-3-22-21(24-17-6-8-18(25)9-7-17)23-13-20-12-16(14-27-20)15-4-10-19(26-2)11-5-15/h4-5,10-12,14,17-18,25H,3,6-9,13H2,1-2H3,(H2,22,23,24). The number of aliphatic hydroxyl groups excluding tert-OH is 1. The third kappa shape index (κ3) is 5.71. The molecule has 0 amide bonds. The minimum atomic E-state index is -0.134. The van der Waals surface area contributed by atoms with E-state index in [2.05, 4.69) is 41.1 Å². The number of nitrogens with one attached hydrogen (secondary N) is 2. The van der Waals surface area contributed by atoms with Crippen LogP contribution in [0.4, 0.5) is 0 Å². The van der Waals surface area contributed by atoms with Gasteiger partial charge in [0.2, 0.25) is 0 Å². The third-order valence-electron chi connectivity index (χ3n) is 4.85. The Bertz CT molecular complexity index is 734. The first kappa shape index (κ1) is 19.7. The van der Waals surface area contributed by atoms with Crippen LogP contribution in [0, 0.1) is 0 Å². The van der Waals surface area contributed by atoms with Crippen LogP contribution in [-0.4, -0.2) is 36.9 Å². The topological polar surface area (TPSA) is 65.9 Å². The zero-order chi connectivity index (χ0) is 19.1. The third-order valence-corrected chi connectivity index (χ3v) is 5.77. The van der Waals surface area contributed by atoms with Crippen molar-refractivity contribution in [3.63, 3.8) is 0 Å². The molecule has 6 heteroatoms. The second kappa shape index (κ2) is 9.76. The molecule has 27 heavy (non-hydrogen) atoms. The minimum absolute atomic E-state index is 0.134. The number of methoxy groups -OCH3 is 1. The lowest BCUT2D eigenvalue weighted by atomic mass is 9.93. The average Bonchev–Trinajstić information content (AvgIpc) is 3.17. The van der Waals surface area contributed by atoms with Crippen LogP contribution < -0.4 is 15.4 Å². The largest absolute Gasteiger partial charge is 0.497 e. The van der Waals surface area contributed by atoms with Crippen molar-refractivity contribution < 1.29 is 9.84 Å². The molecule has 5 nitrogen and oxygen atoms in total. The number of guanidine groups is 1. The van der Waals surface area contributed by atoms with Crippen LogP contribution in [0.3, 0.4) is 0 Å². The Morgan fingerprint density at radius 1 is 1.19 bits per heavy atom. The Kier molecular flexibility index (Phi) is 7.12. The maximum absolute atomic E-state index is 9.66. The van der Waals surface area contributed by atoms with Crippen molar-refractivity contribution in [3.05, 3.63) is 40.6 Å². The average molecular weight is 388 g/mol. The molecule has 0 spiro atoms. The highest BCUT2D eigenvalue weighted by Crippen LogP contribution is 2.27. The number of benzene rings is 1. The van der Waals surface area contributed by atoms with Gasteiger partial charge in [-0.05, 0) is 67.3 Å². The Morgan fingerprint density at radius 3 is 2.59 bits per heavy atom. The lowest BCUT2D eigenvalue weighted by Crippen LogP contribution is -2.45. The molecule has 1 saturated carbocycles. The summed E-state index contributed by atoms with van der Waals surface area (Å²) in [5.74, 6) is 1.73. The number of thiophene rings is 1. The first-order valence-corrected chi connectivity index (χ1v) is 10.5. The molecule has 0 bridgehead atoms. The number of ether oxygens (including phenoxy) is 1. The van der Waals surface area contributed by atoms with Gasteiger partial charge in [-0.1, -0.05) is 12.1 Å². The maximum atomic E-state index is 9.66. The summed E-state index contributed by atoms with van der Waals surface area (Å²) in [6.45, 7) is 3.57. The van der Waals surface area contributed by atoms with Crippen LogP contribution in [-0.2, 0) is 6.54 Å². The van der Waals surface area contributed by atoms with Gasteiger partial charge < -0.3 is 20.5 Å². The van der Waals surface area contributed by atoms with Crippen LogP contribution in [0.5, 0.6) is 5.75 Å². The highest BCUT2D eigenvalue weighted by molar-refractivity contribution is 7.10. The molecule has 1 heterocycles. The van der Waals surface area contributed by atoms with E-state index in [1.807, 2.05) is 12.1 Å². The van der Waals surface area contributed by atoms with Gasteiger partial charge in [0.15, 0.2) is 5.96 Å². The molecule has 3 rings (SSSR count). The Hall–Kier alpha value is -2.05. The molecule has 1 aromatic heterocycles. The van der Waals surface area contributed by atoms with E-state index in [4.69, 9.17) is 9.73 Å². The minimum Gasteiger partial charge on any atom is -0.497 e. The van der Waals surface area contributed by atoms with Crippen molar-refractivity contribution in [1.82, 2.24) is 10.6 Å². The Labute approximate surface area is 165 Å². The van der Waals surface area contributed by atoms with Crippen molar-refractivity contribution in [1.29, 1.82) is 0 Å². The fourth-order valence-corrected chi connectivity index (χ4v) is 4.11. The lowest BCUT2D eigenvalue weighted by Gasteiger charge is -2.27. The zero-order valence-electron chi connectivity index (χ0n) is 16.1. The maximum Gasteiger partial charge on any atom is 0.191 e. The molecule has 2 aromatic rings. The summed E-state index contributed by atoms with van der Waals surface area (Å²) >= 11 is 1.73. The molecule has 0 unspecified atom stereocenters. The zero-order valence-corrected chi connectivity index (χ0v) is 16.9. The van der Waals surface area contributed by atoms with E-state index in [-0.39, 0.29) is 6.10 Å². The first-order chi connectivity index (χ1) is 13.2. The van der Waals surface area contributed by atoms with Gasteiger partial charge in [-0.25, -0.2) is 4.99 Å². The van der Waals surface area contributed by atoms with Crippen molar-refractivity contribution in [2.24, 2.45) is 4.99 Å². The smallest absolute Gasteiger partial charge is 0.191 e. The normalized spacial score (nSPS) is 20.3. The van der Waals surface area contributed by atoms with E-state index in [1.165, 1.54) is 16.0 Å². The van der Waals surface area contributed by atoms with Gasteiger partial charge >= 0.3 is 0 Å². The molecule has 1 aliphatic carbocycles. The predicted molar refractivity (Wildman–Crippen MR) is 113 cm³/mol. The molecule has 0 radical (unpaired) electrons. The SMILES string of the molecule is CCNC(=NCc1cc(-c2ccc(OC)cc2)cs1)NC1CCC(O)CC1. The van der Waals surface area contributed by atoms with Crippen molar-refractivity contribution in [2.75, 3.05) is 13.7 Å². The van der Waals surface area contributed by atoms with Crippen LogP contribution in [0.25, 0.3) is 11.1 Å². The molecular formula is C21H29N3O2S. The van der Waals surface area contributed by atoms with Gasteiger partial charge in [-0.3, -0.25) is 0 Å². The number of rotatable bonds is 6. The van der Waals surface area contributed by atoms with Gasteiger partial charge in [0, 0.05) is 17.5 Å². The molecule has 1 aliphatic rings. The summed E-state index contributed by atoms with van der Waals surface area (Å²) in [5, 5.41) is 18.7. The van der Waals surface area contributed by atoms with E-state index < -0.39 is 0 Å². The summed E-state index contributed by atoms with van der Waals surface area (Å²) in [4.78, 5) is 5.99. The highest BCUT2D eigenvalue weighted by Gasteiger charge is 2.19. The highest BCUT2D eigenvalue weighted by atomic mass is 32.1. The van der Waals surface area contributed by atoms with Crippen molar-refractivity contribution in [3.8, 4) is 16.9 Å². The molecule has 146 valence electrons. The fraction of sp³-hybridized carbons (Fsp3) is 0.476. The van der Waals surface area contributed by atoms with Gasteiger partial charge in [0.1, 0.15) is 5.75 Å². The van der Waals surface area contributed by atoms with Crippen LogP contribution >= 0.6 is 11.3 Å². The second-order valence-corrected chi connectivity index (χ2v) is 7.87. The van der Waals surface area contributed by atoms with Gasteiger partial charge in [0.25, 0.3) is 0 Å². The number of hydrogen-bond donors (Lipinski definition) is 3. The van der Waals surface area contributed by atoms with Crippen molar-refractivity contribution in [2.45, 2.75) is 51.3 Å². The summed E-state index contributed by atoms with van der Waals surface area (Å²) in [7, 11) is 1.68. The van der Waals surface area contributed by atoms with Gasteiger partial charge in [0.05, 0.1) is 19.8 Å².